The summed E-state index contributed by atoms with van der Waals surface area (Å²) in [4.78, 5) is 5.29. The summed E-state index contributed by atoms with van der Waals surface area (Å²) in [7, 11) is 0. The number of aryl methyl sites for hydroxylation is 1. The van der Waals surface area contributed by atoms with Crippen molar-refractivity contribution in [1.82, 2.24) is 9.38 Å². The maximum absolute atomic E-state index is 5.81. The Morgan fingerprint density at radius 1 is 1.25 bits per heavy atom. The molecule has 0 bridgehead atoms. The van der Waals surface area contributed by atoms with Gasteiger partial charge < -0.3 is 14.9 Å². The van der Waals surface area contributed by atoms with Crippen LogP contribution in [0.3, 0.4) is 0 Å². The number of nitrogens with zero attached hydrogens (tertiary/aromatic N) is 2. The van der Waals surface area contributed by atoms with Crippen LogP contribution in [0.2, 0.25) is 0 Å². The summed E-state index contributed by atoms with van der Waals surface area (Å²) in [6.07, 6.45) is 3.51. The number of pyridine rings is 1. The van der Waals surface area contributed by atoms with Crippen molar-refractivity contribution in [2.45, 2.75) is 26.7 Å². The highest BCUT2D eigenvalue weighted by molar-refractivity contribution is 7.80. The van der Waals surface area contributed by atoms with E-state index in [1.807, 2.05) is 36.5 Å². The zero-order valence-electron chi connectivity index (χ0n) is 14.0. The molecule has 124 valence electrons. The number of fused-ring (bicyclic) bond motifs is 1. The van der Waals surface area contributed by atoms with Gasteiger partial charge in [-0.2, -0.15) is 0 Å². The molecule has 1 aromatic carbocycles. The molecule has 2 aromatic heterocycles. The van der Waals surface area contributed by atoms with Crippen LogP contribution in [-0.4, -0.2) is 21.0 Å². The van der Waals surface area contributed by atoms with E-state index in [2.05, 4.69) is 24.3 Å². The molecule has 4 nitrogen and oxygen atoms in total. The number of ether oxygens (including phenoxy) is 1. The van der Waals surface area contributed by atoms with Crippen molar-refractivity contribution in [3.05, 3.63) is 53.9 Å². The minimum absolute atomic E-state index is 0.461. The van der Waals surface area contributed by atoms with Gasteiger partial charge in [0.1, 0.15) is 11.4 Å². The molecule has 0 saturated heterocycles. The maximum Gasteiger partial charge on any atom is 0.140 e. The fraction of sp³-hybridized carbons (Fsp3) is 0.263. The minimum atomic E-state index is 0.461. The van der Waals surface area contributed by atoms with Crippen molar-refractivity contribution in [2.24, 2.45) is 5.73 Å². The Balaban J connectivity index is 2.07. The molecule has 0 aliphatic rings. The molecule has 2 N–H and O–H groups in total. The SMILES string of the molecule is CCCOc1ccc(-c2nc3c(C)cccn3c2CC(N)=S)cc1. The molecule has 2 heterocycles. The second-order valence-electron chi connectivity index (χ2n) is 5.81. The first-order valence-corrected chi connectivity index (χ1v) is 8.49. The Morgan fingerprint density at radius 3 is 2.67 bits per heavy atom. The van der Waals surface area contributed by atoms with Crippen LogP contribution in [0.15, 0.2) is 42.6 Å². The van der Waals surface area contributed by atoms with Gasteiger partial charge in [0.15, 0.2) is 0 Å². The highest BCUT2D eigenvalue weighted by Crippen LogP contribution is 2.28. The van der Waals surface area contributed by atoms with Crippen molar-refractivity contribution in [1.29, 1.82) is 0 Å². The molecular formula is C19H21N3OS. The van der Waals surface area contributed by atoms with Crippen molar-refractivity contribution in [2.75, 3.05) is 6.61 Å². The number of hydrogen-bond acceptors (Lipinski definition) is 3. The van der Waals surface area contributed by atoms with Crippen LogP contribution in [0.1, 0.15) is 24.6 Å². The predicted molar refractivity (Wildman–Crippen MR) is 102 cm³/mol. The molecule has 3 aromatic rings. The molecule has 0 fully saturated rings. The lowest BCUT2D eigenvalue weighted by Gasteiger charge is -2.07. The Bertz CT molecular complexity index is 868. The van der Waals surface area contributed by atoms with Crippen molar-refractivity contribution in [3.63, 3.8) is 0 Å². The molecule has 24 heavy (non-hydrogen) atoms. The lowest BCUT2D eigenvalue weighted by molar-refractivity contribution is 0.317. The second kappa shape index (κ2) is 7.01. The third-order valence-corrected chi connectivity index (χ3v) is 4.03. The Labute approximate surface area is 147 Å². The van der Waals surface area contributed by atoms with E-state index < -0.39 is 0 Å². The largest absolute Gasteiger partial charge is 0.494 e. The van der Waals surface area contributed by atoms with Crippen LogP contribution < -0.4 is 10.5 Å². The van der Waals surface area contributed by atoms with E-state index in [0.717, 1.165) is 46.9 Å². The Morgan fingerprint density at radius 2 is 2.00 bits per heavy atom. The van der Waals surface area contributed by atoms with Crippen LogP contribution in [0.25, 0.3) is 16.9 Å². The van der Waals surface area contributed by atoms with Gasteiger partial charge >= 0.3 is 0 Å². The summed E-state index contributed by atoms with van der Waals surface area (Å²) in [6, 6.07) is 12.1. The fourth-order valence-electron chi connectivity index (χ4n) is 2.75. The van der Waals surface area contributed by atoms with Crippen LogP contribution >= 0.6 is 12.2 Å². The van der Waals surface area contributed by atoms with Gasteiger partial charge in [-0.15, -0.1) is 0 Å². The summed E-state index contributed by atoms with van der Waals surface area (Å²) in [5.74, 6) is 0.872. The average Bonchev–Trinajstić information content (AvgIpc) is 2.93. The number of imidazole rings is 1. The first kappa shape index (κ1) is 16.5. The highest BCUT2D eigenvalue weighted by Gasteiger charge is 2.15. The van der Waals surface area contributed by atoms with E-state index in [-0.39, 0.29) is 0 Å². The molecule has 3 rings (SSSR count). The van der Waals surface area contributed by atoms with Crippen LogP contribution in [-0.2, 0) is 6.42 Å². The summed E-state index contributed by atoms with van der Waals surface area (Å²) in [5, 5.41) is 0. The van der Waals surface area contributed by atoms with Gasteiger partial charge in [0.05, 0.1) is 23.0 Å². The number of rotatable bonds is 6. The molecule has 0 unspecified atom stereocenters. The molecule has 0 aliphatic heterocycles. The number of hydrogen-bond donors (Lipinski definition) is 1. The number of nitrogens with two attached hydrogens (primary N) is 1. The van der Waals surface area contributed by atoms with Crippen molar-refractivity contribution < 1.29 is 4.74 Å². The zero-order chi connectivity index (χ0) is 17.1. The van der Waals surface area contributed by atoms with E-state index in [1.54, 1.807) is 0 Å². The van der Waals surface area contributed by atoms with Crippen LogP contribution in [0, 0.1) is 6.92 Å². The van der Waals surface area contributed by atoms with Gasteiger partial charge in [0, 0.05) is 18.2 Å². The lowest BCUT2D eigenvalue weighted by atomic mass is 10.1. The highest BCUT2D eigenvalue weighted by atomic mass is 32.1. The Kier molecular flexibility index (Phi) is 4.81. The van der Waals surface area contributed by atoms with Gasteiger partial charge in [0.25, 0.3) is 0 Å². The van der Waals surface area contributed by atoms with E-state index in [9.17, 15) is 0 Å². The van der Waals surface area contributed by atoms with Gasteiger partial charge in [-0.3, -0.25) is 0 Å². The van der Waals surface area contributed by atoms with Crippen LogP contribution in [0.5, 0.6) is 5.75 Å². The van der Waals surface area contributed by atoms with E-state index >= 15 is 0 Å². The smallest absolute Gasteiger partial charge is 0.140 e. The van der Waals surface area contributed by atoms with Crippen molar-refractivity contribution >= 4 is 22.9 Å². The second-order valence-corrected chi connectivity index (χ2v) is 6.33. The number of thiocarbonyl (C=S) groups is 1. The van der Waals surface area contributed by atoms with E-state index in [0.29, 0.717) is 11.4 Å². The van der Waals surface area contributed by atoms with Gasteiger partial charge in [-0.1, -0.05) is 25.2 Å². The molecule has 0 atom stereocenters. The minimum Gasteiger partial charge on any atom is -0.494 e. The third kappa shape index (κ3) is 3.26. The number of aromatic nitrogens is 2. The Hall–Kier alpha value is -2.40. The third-order valence-electron chi connectivity index (χ3n) is 3.89. The monoisotopic (exact) mass is 339 g/mol. The molecule has 0 spiro atoms. The van der Waals surface area contributed by atoms with Crippen LogP contribution in [0.4, 0.5) is 0 Å². The lowest BCUT2D eigenvalue weighted by Crippen LogP contribution is -2.13. The fourth-order valence-corrected chi connectivity index (χ4v) is 2.88. The van der Waals surface area contributed by atoms with Crippen molar-refractivity contribution in [3.8, 4) is 17.0 Å². The molecule has 0 saturated carbocycles. The molecule has 0 radical (unpaired) electrons. The number of benzene rings is 1. The topological polar surface area (TPSA) is 52.5 Å². The van der Waals surface area contributed by atoms with Gasteiger partial charge in [0.2, 0.25) is 0 Å². The molecule has 0 aliphatic carbocycles. The molecule has 0 amide bonds. The van der Waals surface area contributed by atoms with Gasteiger partial charge in [-0.05, 0) is 49.2 Å². The first-order valence-electron chi connectivity index (χ1n) is 8.08. The summed E-state index contributed by atoms with van der Waals surface area (Å²) in [5.41, 5.74) is 10.8. The molecular weight excluding hydrogens is 318 g/mol. The summed E-state index contributed by atoms with van der Waals surface area (Å²) in [6.45, 7) is 4.87. The predicted octanol–water partition coefficient (Wildman–Crippen LogP) is 3.93. The maximum atomic E-state index is 5.81. The zero-order valence-corrected chi connectivity index (χ0v) is 14.8. The van der Waals surface area contributed by atoms with E-state index in [4.69, 9.17) is 27.7 Å². The summed E-state index contributed by atoms with van der Waals surface area (Å²) < 4.78 is 7.73. The summed E-state index contributed by atoms with van der Waals surface area (Å²) >= 11 is 5.13. The van der Waals surface area contributed by atoms with E-state index in [1.165, 1.54) is 0 Å². The van der Waals surface area contributed by atoms with Gasteiger partial charge in [-0.25, -0.2) is 4.98 Å². The average molecular weight is 339 g/mol. The quantitative estimate of drug-likeness (QED) is 0.692. The standard InChI is InChI=1S/C19H21N3OS/c1-3-11-23-15-8-6-14(7-9-15)18-16(12-17(20)24)22-10-4-5-13(2)19(22)21-18/h4-10H,3,11-12H2,1-2H3,(H2,20,24). The molecule has 5 heteroatoms. The normalized spacial score (nSPS) is 10.9. The first-order chi connectivity index (χ1) is 11.6.